The van der Waals surface area contributed by atoms with Crippen molar-refractivity contribution < 1.29 is 23.5 Å². The van der Waals surface area contributed by atoms with Gasteiger partial charge in [0.2, 0.25) is 5.91 Å². The highest BCUT2D eigenvalue weighted by molar-refractivity contribution is 5.83. The summed E-state index contributed by atoms with van der Waals surface area (Å²) in [6.07, 6.45) is 0.496. The molecule has 1 aromatic rings. The topological polar surface area (TPSA) is 66.4 Å². The fraction of sp³-hybridized carbons (Fsp3) is 0.429. The van der Waals surface area contributed by atoms with Crippen LogP contribution in [0.2, 0.25) is 0 Å². The predicted octanol–water partition coefficient (Wildman–Crippen LogP) is 1.91. The third kappa shape index (κ3) is 3.12. The van der Waals surface area contributed by atoms with E-state index < -0.39 is 23.5 Å². The fourth-order valence-electron chi connectivity index (χ4n) is 2.10. The second kappa shape index (κ2) is 5.56. The minimum Gasteiger partial charge on any atom is -0.481 e. The summed E-state index contributed by atoms with van der Waals surface area (Å²) in [5.41, 5.74) is 0.331. The zero-order chi connectivity index (χ0) is 14.9. The van der Waals surface area contributed by atoms with Crippen molar-refractivity contribution in [3.8, 4) is 0 Å². The largest absolute Gasteiger partial charge is 0.481 e. The normalized spacial score (nSPS) is 22.1. The second-order valence-corrected chi connectivity index (χ2v) is 5.10. The molecule has 2 rings (SSSR count). The smallest absolute Gasteiger partial charge is 0.308 e. The van der Waals surface area contributed by atoms with Gasteiger partial charge in [-0.2, -0.15) is 0 Å². The first-order valence-corrected chi connectivity index (χ1v) is 6.35. The Morgan fingerprint density at radius 2 is 2.15 bits per heavy atom. The summed E-state index contributed by atoms with van der Waals surface area (Å²) in [5, 5.41) is 11.2. The van der Waals surface area contributed by atoms with Gasteiger partial charge in [0.15, 0.2) is 0 Å². The quantitative estimate of drug-likeness (QED) is 0.867. The van der Waals surface area contributed by atoms with Crippen LogP contribution in [-0.2, 0) is 9.59 Å². The molecule has 1 aromatic carbocycles. The monoisotopic (exact) mass is 283 g/mol. The average Bonchev–Trinajstić information content (AvgIpc) is 3.15. The maximum absolute atomic E-state index is 13.5. The Labute approximate surface area is 114 Å². The lowest BCUT2D eigenvalue weighted by molar-refractivity contribution is -0.141. The van der Waals surface area contributed by atoms with E-state index in [-0.39, 0.29) is 24.3 Å². The third-order valence-electron chi connectivity index (χ3n) is 3.49. The number of carboxylic acid groups (broad SMARTS) is 1. The molecule has 1 fully saturated rings. The SMILES string of the molecule is CC(CNC(=O)C1CC1c1ccc(F)cc1F)C(=O)O. The van der Waals surface area contributed by atoms with Crippen molar-refractivity contribution in [2.75, 3.05) is 6.54 Å². The Kier molecular flexibility index (Phi) is 4.01. The summed E-state index contributed by atoms with van der Waals surface area (Å²) in [7, 11) is 0. The van der Waals surface area contributed by atoms with Gasteiger partial charge < -0.3 is 10.4 Å². The Morgan fingerprint density at radius 1 is 1.45 bits per heavy atom. The van der Waals surface area contributed by atoms with E-state index in [1.54, 1.807) is 0 Å². The summed E-state index contributed by atoms with van der Waals surface area (Å²) in [5.74, 6) is -3.85. The molecular weight excluding hydrogens is 268 g/mol. The Balaban J connectivity index is 1.91. The second-order valence-electron chi connectivity index (χ2n) is 5.10. The van der Waals surface area contributed by atoms with Gasteiger partial charge in [0, 0.05) is 18.5 Å². The van der Waals surface area contributed by atoms with Crippen LogP contribution in [0, 0.1) is 23.5 Å². The molecule has 1 amide bonds. The molecule has 3 unspecified atom stereocenters. The molecule has 0 aliphatic heterocycles. The molecule has 20 heavy (non-hydrogen) atoms. The fourth-order valence-corrected chi connectivity index (χ4v) is 2.10. The minimum atomic E-state index is -0.984. The minimum absolute atomic E-state index is 0.0449. The first-order chi connectivity index (χ1) is 9.40. The molecule has 0 bridgehead atoms. The van der Waals surface area contributed by atoms with Gasteiger partial charge in [0.05, 0.1) is 5.92 Å². The number of carbonyl (C=O) groups is 2. The maximum atomic E-state index is 13.5. The van der Waals surface area contributed by atoms with E-state index in [2.05, 4.69) is 5.32 Å². The number of amides is 1. The number of carbonyl (C=O) groups excluding carboxylic acids is 1. The summed E-state index contributed by atoms with van der Waals surface area (Å²) >= 11 is 0. The highest BCUT2D eigenvalue weighted by Crippen LogP contribution is 2.48. The number of carboxylic acids is 1. The number of benzene rings is 1. The van der Waals surface area contributed by atoms with Gasteiger partial charge in [-0.05, 0) is 24.0 Å². The number of hydrogen-bond donors (Lipinski definition) is 2. The summed E-state index contributed by atoms with van der Waals surface area (Å²) < 4.78 is 26.3. The Bertz CT molecular complexity index is 547. The van der Waals surface area contributed by atoms with Crippen LogP contribution in [-0.4, -0.2) is 23.5 Å². The molecule has 3 atom stereocenters. The van der Waals surface area contributed by atoms with E-state index in [0.29, 0.717) is 12.0 Å². The summed E-state index contributed by atoms with van der Waals surface area (Å²) in [6.45, 7) is 1.54. The Hall–Kier alpha value is -1.98. The molecule has 0 saturated heterocycles. The van der Waals surface area contributed by atoms with Gasteiger partial charge in [-0.15, -0.1) is 0 Å². The average molecular weight is 283 g/mol. The zero-order valence-corrected chi connectivity index (χ0v) is 10.9. The maximum Gasteiger partial charge on any atom is 0.308 e. The molecule has 1 aliphatic carbocycles. The summed E-state index contributed by atoms with van der Waals surface area (Å²) in [4.78, 5) is 22.4. The first kappa shape index (κ1) is 14.4. The van der Waals surface area contributed by atoms with Crippen molar-refractivity contribution in [2.24, 2.45) is 11.8 Å². The number of aliphatic carboxylic acids is 1. The van der Waals surface area contributed by atoms with E-state index in [1.165, 1.54) is 13.0 Å². The molecule has 0 aromatic heterocycles. The van der Waals surface area contributed by atoms with Gasteiger partial charge in [-0.3, -0.25) is 9.59 Å². The van der Waals surface area contributed by atoms with E-state index in [0.717, 1.165) is 12.1 Å². The van der Waals surface area contributed by atoms with Gasteiger partial charge >= 0.3 is 5.97 Å². The van der Waals surface area contributed by atoms with E-state index in [1.807, 2.05) is 0 Å². The molecule has 6 heteroatoms. The molecule has 0 spiro atoms. The molecule has 0 radical (unpaired) electrons. The number of rotatable bonds is 5. The summed E-state index contributed by atoms with van der Waals surface area (Å²) in [6, 6.07) is 3.32. The molecule has 0 heterocycles. The van der Waals surface area contributed by atoms with Crippen LogP contribution >= 0.6 is 0 Å². The third-order valence-corrected chi connectivity index (χ3v) is 3.49. The standard InChI is InChI=1S/C14H15F2NO3/c1-7(14(19)20)6-17-13(18)11-5-10(11)9-3-2-8(15)4-12(9)16/h2-4,7,10-11H,5-6H2,1H3,(H,17,18)(H,19,20). The number of halogens is 2. The van der Waals surface area contributed by atoms with Crippen molar-refractivity contribution in [3.05, 3.63) is 35.4 Å². The highest BCUT2D eigenvalue weighted by Gasteiger charge is 2.45. The van der Waals surface area contributed by atoms with Gasteiger partial charge in [0.1, 0.15) is 11.6 Å². The van der Waals surface area contributed by atoms with Crippen molar-refractivity contribution in [1.29, 1.82) is 0 Å². The highest BCUT2D eigenvalue weighted by atomic mass is 19.1. The van der Waals surface area contributed by atoms with Crippen molar-refractivity contribution in [2.45, 2.75) is 19.3 Å². The van der Waals surface area contributed by atoms with Crippen LogP contribution in [0.5, 0.6) is 0 Å². The zero-order valence-electron chi connectivity index (χ0n) is 10.9. The van der Waals surface area contributed by atoms with E-state index >= 15 is 0 Å². The van der Waals surface area contributed by atoms with E-state index in [9.17, 15) is 18.4 Å². The molecule has 108 valence electrons. The lowest BCUT2D eigenvalue weighted by Crippen LogP contribution is -2.32. The van der Waals surface area contributed by atoms with Crippen molar-refractivity contribution >= 4 is 11.9 Å². The lowest BCUT2D eigenvalue weighted by atomic mass is 10.1. The number of hydrogen-bond acceptors (Lipinski definition) is 2. The lowest BCUT2D eigenvalue weighted by Gasteiger charge is -2.08. The van der Waals surface area contributed by atoms with Crippen molar-refractivity contribution in [1.82, 2.24) is 5.32 Å². The van der Waals surface area contributed by atoms with Gasteiger partial charge in [-0.1, -0.05) is 13.0 Å². The van der Waals surface area contributed by atoms with Crippen LogP contribution < -0.4 is 5.32 Å². The predicted molar refractivity (Wildman–Crippen MR) is 67.0 cm³/mol. The van der Waals surface area contributed by atoms with Gasteiger partial charge in [0.25, 0.3) is 0 Å². The molecular formula is C14H15F2NO3. The van der Waals surface area contributed by atoms with E-state index in [4.69, 9.17) is 5.11 Å². The van der Waals surface area contributed by atoms with Crippen LogP contribution in [0.4, 0.5) is 8.78 Å². The molecule has 1 aliphatic rings. The van der Waals surface area contributed by atoms with Gasteiger partial charge in [-0.25, -0.2) is 8.78 Å². The molecule has 2 N–H and O–H groups in total. The van der Waals surface area contributed by atoms with Crippen LogP contribution in [0.3, 0.4) is 0 Å². The first-order valence-electron chi connectivity index (χ1n) is 6.35. The Morgan fingerprint density at radius 3 is 2.75 bits per heavy atom. The number of nitrogens with one attached hydrogen (secondary N) is 1. The van der Waals surface area contributed by atoms with Crippen LogP contribution in [0.1, 0.15) is 24.8 Å². The molecule has 4 nitrogen and oxygen atoms in total. The van der Waals surface area contributed by atoms with Crippen LogP contribution in [0.15, 0.2) is 18.2 Å². The van der Waals surface area contributed by atoms with Crippen LogP contribution in [0.25, 0.3) is 0 Å². The molecule has 1 saturated carbocycles. The van der Waals surface area contributed by atoms with Crippen molar-refractivity contribution in [3.63, 3.8) is 0 Å².